The van der Waals surface area contributed by atoms with E-state index in [0.717, 1.165) is 6.42 Å². The molecule has 1 aromatic rings. The van der Waals surface area contributed by atoms with Crippen molar-refractivity contribution < 1.29 is 4.79 Å². The molecule has 0 unspecified atom stereocenters. The first-order valence-electron chi connectivity index (χ1n) is 4.47. The fraction of sp³-hybridized carbons (Fsp3) is 0.300. The summed E-state index contributed by atoms with van der Waals surface area (Å²) in [6.07, 6.45) is 7.95. The van der Waals surface area contributed by atoms with Crippen LogP contribution in [0.15, 0.2) is 24.5 Å². The van der Waals surface area contributed by atoms with Gasteiger partial charge in [-0.3, -0.25) is 4.79 Å². The van der Waals surface area contributed by atoms with Gasteiger partial charge in [-0.1, -0.05) is 6.08 Å². The third-order valence-electron chi connectivity index (χ3n) is 1.54. The standard InChI is InChI=1S/C10H13N3O/c1-9(14)11-6-3-2-5-10-12-7-4-8-13-10/h2,4-5,7-8H,3,6H2,1H3,(H,11,14). The molecule has 1 N–H and O–H groups in total. The van der Waals surface area contributed by atoms with E-state index in [1.807, 2.05) is 12.2 Å². The Morgan fingerprint density at radius 1 is 1.50 bits per heavy atom. The predicted octanol–water partition coefficient (Wildman–Crippen LogP) is 1.02. The maximum absolute atomic E-state index is 10.5. The zero-order valence-corrected chi connectivity index (χ0v) is 8.10. The summed E-state index contributed by atoms with van der Waals surface area (Å²) in [4.78, 5) is 18.6. The van der Waals surface area contributed by atoms with Crippen molar-refractivity contribution in [3.63, 3.8) is 0 Å². The second-order valence-electron chi connectivity index (χ2n) is 2.78. The van der Waals surface area contributed by atoms with Gasteiger partial charge in [-0.2, -0.15) is 0 Å². The highest BCUT2D eigenvalue weighted by Crippen LogP contribution is 1.92. The molecule has 1 rings (SSSR count). The zero-order chi connectivity index (χ0) is 10.2. The van der Waals surface area contributed by atoms with Crippen LogP contribution in [0.3, 0.4) is 0 Å². The third-order valence-corrected chi connectivity index (χ3v) is 1.54. The molecule has 1 aromatic heterocycles. The van der Waals surface area contributed by atoms with Crippen LogP contribution < -0.4 is 5.32 Å². The van der Waals surface area contributed by atoms with Crippen LogP contribution in [0.5, 0.6) is 0 Å². The molecule has 0 aliphatic rings. The molecule has 74 valence electrons. The normalized spacial score (nSPS) is 10.4. The van der Waals surface area contributed by atoms with Gasteiger partial charge in [-0.15, -0.1) is 0 Å². The van der Waals surface area contributed by atoms with Crippen LogP contribution in [0.1, 0.15) is 19.2 Å². The molecule has 14 heavy (non-hydrogen) atoms. The highest BCUT2D eigenvalue weighted by molar-refractivity contribution is 5.72. The number of hydrogen-bond acceptors (Lipinski definition) is 3. The number of carbonyl (C=O) groups excluding carboxylic acids is 1. The molecule has 0 radical (unpaired) electrons. The monoisotopic (exact) mass is 191 g/mol. The van der Waals surface area contributed by atoms with Crippen LogP contribution in [-0.4, -0.2) is 22.4 Å². The highest BCUT2D eigenvalue weighted by atomic mass is 16.1. The summed E-state index contributed by atoms with van der Waals surface area (Å²) < 4.78 is 0. The van der Waals surface area contributed by atoms with Crippen molar-refractivity contribution in [1.82, 2.24) is 15.3 Å². The molecule has 0 atom stereocenters. The van der Waals surface area contributed by atoms with Crippen LogP contribution in [0, 0.1) is 0 Å². The van der Waals surface area contributed by atoms with Crippen molar-refractivity contribution in [2.24, 2.45) is 0 Å². The summed E-state index contributed by atoms with van der Waals surface area (Å²) in [6.45, 7) is 2.16. The molecule has 0 bridgehead atoms. The van der Waals surface area contributed by atoms with E-state index in [1.165, 1.54) is 6.92 Å². The number of amides is 1. The van der Waals surface area contributed by atoms with Crippen LogP contribution in [0.25, 0.3) is 6.08 Å². The van der Waals surface area contributed by atoms with E-state index in [0.29, 0.717) is 12.4 Å². The molecule has 1 amide bonds. The van der Waals surface area contributed by atoms with Crippen LogP contribution in [0.4, 0.5) is 0 Å². The van der Waals surface area contributed by atoms with E-state index < -0.39 is 0 Å². The molecule has 1 heterocycles. The minimum absolute atomic E-state index is 0.00522. The molecule has 0 aromatic carbocycles. The fourth-order valence-corrected chi connectivity index (χ4v) is 0.917. The SMILES string of the molecule is CC(=O)NCCC=Cc1ncccn1. The Morgan fingerprint density at radius 2 is 2.21 bits per heavy atom. The quantitative estimate of drug-likeness (QED) is 0.723. The molecule has 0 aliphatic carbocycles. The maximum atomic E-state index is 10.5. The minimum Gasteiger partial charge on any atom is -0.356 e. The van der Waals surface area contributed by atoms with E-state index in [1.54, 1.807) is 18.5 Å². The summed E-state index contributed by atoms with van der Waals surface area (Å²) >= 11 is 0. The first kappa shape index (κ1) is 10.4. The summed E-state index contributed by atoms with van der Waals surface area (Å²) in [6, 6.07) is 1.77. The first-order chi connectivity index (χ1) is 6.79. The van der Waals surface area contributed by atoms with E-state index in [2.05, 4.69) is 15.3 Å². The fourth-order valence-electron chi connectivity index (χ4n) is 0.917. The maximum Gasteiger partial charge on any atom is 0.216 e. The Kier molecular flexibility index (Phi) is 4.34. The van der Waals surface area contributed by atoms with Crippen LogP contribution in [-0.2, 0) is 4.79 Å². The molecule has 0 spiro atoms. The van der Waals surface area contributed by atoms with Gasteiger partial charge in [-0.05, 0) is 18.6 Å². The largest absolute Gasteiger partial charge is 0.356 e. The molecule has 0 saturated heterocycles. The number of rotatable bonds is 4. The van der Waals surface area contributed by atoms with Gasteiger partial charge < -0.3 is 5.32 Å². The average molecular weight is 191 g/mol. The zero-order valence-electron chi connectivity index (χ0n) is 8.10. The van der Waals surface area contributed by atoms with Crippen molar-refractivity contribution >= 4 is 12.0 Å². The Morgan fingerprint density at radius 3 is 2.86 bits per heavy atom. The molecular formula is C10H13N3O. The number of nitrogens with one attached hydrogen (secondary N) is 1. The van der Waals surface area contributed by atoms with Gasteiger partial charge in [0.05, 0.1) is 0 Å². The molecule has 4 nitrogen and oxygen atoms in total. The van der Waals surface area contributed by atoms with E-state index in [9.17, 15) is 4.79 Å². The Bertz CT molecular complexity index is 308. The highest BCUT2D eigenvalue weighted by Gasteiger charge is 1.88. The van der Waals surface area contributed by atoms with Gasteiger partial charge in [0.2, 0.25) is 5.91 Å². The summed E-state index contributed by atoms with van der Waals surface area (Å²) in [5.41, 5.74) is 0. The van der Waals surface area contributed by atoms with Crippen LogP contribution in [0.2, 0.25) is 0 Å². The van der Waals surface area contributed by atoms with E-state index in [4.69, 9.17) is 0 Å². The van der Waals surface area contributed by atoms with Crippen molar-refractivity contribution in [2.75, 3.05) is 6.54 Å². The molecule has 0 fully saturated rings. The van der Waals surface area contributed by atoms with Crippen molar-refractivity contribution in [3.05, 3.63) is 30.4 Å². The van der Waals surface area contributed by atoms with Gasteiger partial charge in [-0.25, -0.2) is 9.97 Å². The van der Waals surface area contributed by atoms with Gasteiger partial charge >= 0.3 is 0 Å². The van der Waals surface area contributed by atoms with Crippen molar-refractivity contribution in [2.45, 2.75) is 13.3 Å². The Hall–Kier alpha value is -1.71. The Labute approximate surface area is 83.1 Å². The number of carbonyl (C=O) groups is 1. The molecule has 0 aliphatic heterocycles. The Balaban J connectivity index is 2.25. The summed E-state index contributed by atoms with van der Waals surface area (Å²) in [5, 5.41) is 2.70. The third kappa shape index (κ3) is 4.35. The molecular weight excluding hydrogens is 178 g/mol. The lowest BCUT2D eigenvalue weighted by atomic mass is 10.3. The first-order valence-corrected chi connectivity index (χ1v) is 4.47. The van der Waals surface area contributed by atoms with E-state index >= 15 is 0 Å². The van der Waals surface area contributed by atoms with Gasteiger partial charge in [0.25, 0.3) is 0 Å². The topological polar surface area (TPSA) is 54.9 Å². The lowest BCUT2D eigenvalue weighted by Gasteiger charge is -1.96. The van der Waals surface area contributed by atoms with E-state index in [-0.39, 0.29) is 5.91 Å². The van der Waals surface area contributed by atoms with Gasteiger partial charge in [0, 0.05) is 25.9 Å². The molecule has 0 saturated carbocycles. The molecule has 4 heteroatoms. The predicted molar refractivity (Wildman–Crippen MR) is 54.4 cm³/mol. The van der Waals surface area contributed by atoms with Crippen LogP contribution >= 0.6 is 0 Å². The minimum atomic E-state index is -0.00522. The second kappa shape index (κ2) is 5.85. The summed E-state index contributed by atoms with van der Waals surface area (Å²) in [7, 11) is 0. The average Bonchev–Trinajstić information content (AvgIpc) is 2.18. The number of hydrogen-bond donors (Lipinski definition) is 1. The lowest BCUT2D eigenvalue weighted by molar-refractivity contribution is -0.118. The van der Waals surface area contributed by atoms with Crippen molar-refractivity contribution in [1.29, 1.82) is 0 Å². The number of nitrogens with zero attached hydrogens (tertiary/aromatic N) is 2. The number of aromatic nitrogens is 2. The second-order valence-corrected chi connectivity index (χ2v) is 2.78. The smallest absolute Gasteiger partial charge is 0.216 e. The summed E-state index contributed by atoms with van der Waals surface area (Å²) in [5.74, 6) is 0.685. The van der Waals surface area contributed by atoms with Crippen molar-refractivity contribution in [3.8, 4) is 0 Å². The lowest BCUT2D eigenvalue weighted by Crippen LogP contribution is -2.20. The van der Waals surface area contributed by atoms with Gasteiger partial charge in [0.1, 0.15) is 0 Å². The van der Waals surface area contributed by atoms with Gasteiger partial charge in [0.15, 0.2) is 5.82 Å².